The molecule has 5 heteroatoms. The van der Waals surface area contributed by atoms with Crippen molar-refractivity contribution in [3.8, 4) is 0 Å². The number of carbonyl (C=O) groups is 1. The van der Waals surface area contributed by atoms with Crippen LogP contribution in [0.4, 0.5) is 0 Å². The van der Waals surface area contributed by atoms with Gasteiger partial charge < -0.3 is 9.80 Å². The second-order valence-corrected chi connectivity index (χ2v) is 8.72. The molecule has 0 spiro atoms. The molecule has 0 radical (unpaired) electrons. The van der Waals surface area contributed by atoms with Crippen LogP contribution in [0.15, 0.2) is 6.07 Å². The fraction of sp³-hybridized carbons (Fsp3) is 0.789. The first-order chi connectivity index (χ1) is 11.2. The molecule has 2 heterocycles. The van der Waals surface area contributed by atoms with Crippen LogP contribution < -0.4 is 0 Å². The minimum absolute atomic E-state index is 0.145. The topological polar surface area (TPSA) is 41.4 Å². The normalized spacial score (nSPS) is 24.9. The third-order valence-corrected chi connectivity index (χ3v) is 5.46. The number of aromatic nitrogens is 2. The molecule has 1 amide bonds. The minimum atomic E-state index is -0.178. The summed E-state index contributed by atoms with van der Waals surface area (Å²) in [5.41, 5.74) is 1.69. The van der Waals surface area contributed by atoms with E-state index >= 15 is 0 Å². The molecule has 1 aliphatic carbocycles. The lowest BCUT2D eigenvalue weighted by molar-refractivity contribution is 0.0760. The number of likely N-dealkylation sites (tertiary alicyclic amines) is 1. The van der Waals surface area contributed by atoms with E-state index in [1.54, 1.807) is 0 Å². The van der Waals surface area contributed by atoms with Gasteiger partial charge in [-0.25, -0.2) is 0 Å². The van der Waals surface area contributed by atoms with Crippen LogP contribution in [0.1, 0.15) is 69.1 Å². The summed E-state index contributed by atoms with van der Waals surface area (Å²) in [4.78, 5) is 17.5. The van der Waals surface area contributed by atoms with E-state index in [0.29, 0.717) is 17.9 Å². The summed E-state index contributed by atoms with van der Waals surface area (Å²) in [6.07, 6.45) is 3.52. The standard InChI is InChI=1S/C19H32N4O/c1-7-13-11-22(12-17(13)21(5)6)18(24)16-10-15(14-8-9-14)20-23(16)19(2,3)4/h10,13-14,17H,7-9,11-12H2,1-6H3/t13-,17-/m0/s1. The van der Waals surface area contributed by atoms with Gasteiger partial charge in [0, 0.05) is 25.0 Å². The molecular weight excluding hydrogens is 300 g/mol. The smallest absolute Gasteiger partial charge is 0.272 e. The van der Waals surface area contributed by atoms with E-state index < -0.39 is 0 Å². The van der Waals surface area contributed by atoms with E-state index in [2.05, 4.69) is 52.8 Å². The number of nitrogens with zero attached hydrogens (tertiary/aromatic N) is 4. The van der Waals surface area contributed by atoms with E-state index in [0.717, 1.165) is 30.9 Å². The molecule has 24 heavy (non-hydrogen) atoms. The van der Waals surface area contributed by atoms with Crippen LogP contribution in [-0.4, -0.2) is 58.7 Å². The summed E-state index contributed by atoms with van der Waals surface area (Å²) in [5.74, 6) is 1.27. The molecule has 5 nitrogen and oxygen atoms in total. The first kappa shape index (κ1) is 17.5. The van der Waals surface area contributed by atoms with Gasteiger partial charge in [-0.05, 0) is 59.7 Å². The SMILES string of the molecule is CC[C@H]1CN(C(=O)c2cc(C3CC3)nn2C(C)(C)C)C[C@@H]1N(C)C. The Morgan fingerprint density at radius 1 is 1.29 bits per heavy atom. The van der Waals surface area contributed by atoms with E-state index in [-0.39, 0.29) is 11.4 Å². The lowest BCUT2D eigenvalue weighted by atomic mass is 10.0. The maximum absolute atomic E-state index is 13.2. The van der Waals surface area contributed by atoms with Crippen molar-refractivity contribution >= 4 is 5.91 Å². The van der Waals surface area contributed by atoms with Crippen molar-refractivity contribution in [2.24, 2.45) is 5.92 Å². The van der Waals surface area contributed by atoms with Gasteiger partial charge in [-0.3, -0.25) is 9.48 Å². The first-order valence-electron chi connectivity index (χ1n) is 9.28. The molecule has 1 saturated carbocycles. The minimum Gasteiger partial charge on any atom is -0.335 e. The van der Waals surface area contributed by atoms with Gasteiger partial charge in [-0.2, -0.15) is 5.10 Å². The predicted octanol–water partition coefficient (Wildman–Crippen LogP) is 2.93. The van der Waals surface area contributed by atoms with Crippen molar-refractivity contribution in [2.75, 3.05) is 27.2 Å². The monoisotopic (exact) mass is 332 g/mol. The molecule has 1 aromatic rings. The number of hydrogen-bond acceptors (Lipinski definition) is 3. The number of amides is 1. The van der Waals surface area contributed by atoms with Crippen LogP contribution in [-0.2, 0) is 5.54 Å². The quantitative estimate of drug-likeness (QED) is 0.851. The molecular formula is C19H32N4O. The van der Waals surface area contributed by atoms with Crippen molar-refractivity contribution in [1.82, 2.24) is 19.6 Å². The van der Waals surface area contributed by atoms with Gasteiger partial charge >= 0.3 is 0 Å². The average molecular weight is 332 g/mol. The Morgan fingerprint density at radius 2 is 1.96 bits per heavy atom. The summed E-state index contributed by atoms with van der Waals surface area (Å²) < 4.78 is 1.95. The highest BCUT2D eigenvalue weighted by Crippen LogP contribution is 2.40. The van der Waals surface area contributed by atoms with Crippen molar-refractivity contribution in [3.05, 3.63) is 17.5 Å². The van der Waals surface area contributed by atoms with E-state index in [9.17, 15) is 4.79 Å². The molecule has 134 valence electrons. The van der Waals surface area contributed by atoms with Crippen molar-refractivity contribution in [2.45, 2.75) is 64.5 Å². The molecule has 2 fully saturated rings. The fourth-order valence-corrected chi connectivity index (χ4v) is 3.81. The average Bonchev–Trinajstić information content (AvgIpc) is 3.10. The summed E-state index contributed by atoms with van der Waals surface area (Å²) in [6, 6.07) is 2.50. The summed E-state index contributed by atoms with van der Waals surface area (Å²) in [5, 5.41) is 4.79. The molecule has 1 aromatic heterocycles. The van der Waals surface area contributed by atoms with E-state index in [1.807, 2.05) is 9.58 Å². The van der Waals surface area contributed by atoms with Gasteiger partial charge in [0.2, 0.25) is 0 Å². The van der Waals surface area contributed by atoms with Crippen LogP contribution in [0, 0.1) is 5.92 Å². The molecule has 1 saturated heterocycles. The zero-order valence-electron chi connectivity index (χ0n) is 16.0. The highest BCUT2D eigenvalue weighted by molar-refractivity contribution is 5.93. The molecule has 3 rings (SSSR count). The Morgan fingerprint density at radius 3 is 2.42 bits per heavy atom. The zero-order chi connectivity index (χ0) is 17.6. The fourth-order valence-electron chi connectivity index (χ4n) is 3.81. The third-order valence-electron chi connectivity index (χ3n) is 5.46. The van der Waals surface area contributed by atoms with Gasteiger partial charge in [0.1, 0.15) is 5.69 Å². The van der Waals surface area contributed by atoms with Gasteiger partial charge in [-0.1, -0.05) is 13.3 Å². The number of carbonyl (C=O) groups excluding carboxylic acids is 1. The van der Waals surface area contributed by atoms with Crippen LogP contribution in [0.3, 0.4) is 0 Å². The van der Waals surface area contributed by atoms with Gasteiger partial charge in [-0.15, -0.1) is 0 Å². The van der Waals surface area contributed by atoms with Crippen LogP contribution in [0.2, 0.25) is 0 Å². The Bertz CT molecular complexity index is 609. The molecule has 2 aliphatic rings. The number of hydrogen-bond donors (Lipinski definition) is 0. The third kappa shape index (κ3) is 3.23. The van der Waals surface area contributed by atoms with E-state index in [1.165, 1.54) is 12.8 Å². The Labute approximate surface area is 146 Å². The summed E-state index contributed by atoms with van der Waals surface area (Å²) in [7, 11) is 4.23. The largest absolute Gasteiger partial charge is 0.335 e. The van der Waals surface area contributed by atoms with Crippen molar-refractivity contribution in [1.29, 1.82) is 0 Å². The lowest BCUT2D eigenvalue weighted by Crippen LogP contribution is -2.37. The van der Waals surface area contributed by atoms with Crippen molar-refractivity contribution in [3.63, 3.8) is 0 Å². The summed E-state index contributed by atoms with van der Waals surface area (Å²) >= 11 is 0. The predicted molar refractivity (Wildman–Crippen MR) is 96.4 cm³/mol. The summed E-state index contributed by atoms with van der Waals surface area (Å²) in [6.45, 7) is 10.3. The van der Waals surface area contributed by atoms with Gasteiger partial charge in [0.15, 0.2) is 0 Å². The molecule has 0 bridgehead atoms. The Balaban J connectivity index is 1.87. The van der Waals surface area contributed by atoms with Crippen molar-refractivity contribution < 1.29 is 4.79 Å². The van der Waals surface area contributed by atoms with Crippen LogP contribution >= 0.6 is 0 Å². The second kappa shape index (κ2) is 6.17. The number of rotatable bonds is 4. The highest BCUT2D eigenvalue weighted by atomic mass is 16.2. The molecule has 0 unspecified atom stereocenters. The van der Waals surface area contributed by atoms with Crippen LogP contribution in [0.5, 0.6) is 0 Å². The second-order valence-electron chi connectivity index (χ2n) is 8.72. The maximum atomic E-state index is 13.2. The Kier molecular flexibility index (Phi) is 4.49. The Hall–Kier alpha value is -1.36. The van der Waals surface area contributed by atoms with Gasteiger partial charge in [0.25, 0.3) is 5.91 Å². The highest BCUT2D eigenvalue weighted by Gasteiger charge is 2.38. The zero-order valence-corrected chi connectivity index (χ0v) is 16.0. The maximum Gasteiger partial charge on any atom is 0.272 e. The molecule has 1 aliphatic heterocycles. The lowest BCUT2D eigenvalue weighted by Gasteiger charge is -2.25. The first-order valence-corrected chi connectivity index (χ1v) is 9.28. The molecule has 2 atom stereocenters. The van der Waals surface area contributed by atoms with Gasteiger partial charge in [0.05, 0.1) is 11.2 Å². The molecule has 0 aromatic carbocycles. The number of likely N-dealkylation sites (N-methyl/N-ethyl adjacent to an activating group) is 1. The van der Waals surface area contributed by atoms with E-state index in [4.69, 9.17) is 5.10 Å². The van der Waals surface area contributed by atoms with Crippen LogP contribution in [0.25, 0.3) is 0 Å². The molecule has 0 N–H and O–H groups in total.